The Kier molecular flexibility index (Phi) is 1.23. The lowest BCUT2D eigenvalue weighted by molar-refractivity contribution is 0.787. The summed E-state index contributed by atoms with van der Waals surface area (Å²) in [5.41, 5.74) is 1.92. The Hall–Kier alpha value is -1.19. The maximum Gasteiger partial charge on any atom is 0.126 e. The number of allylic oxidation sites excluding steroid dienone is 1. The van der Waals surface area contributed by atoms with Crippen molar-refractivity contribution in [1.82, 2.24) is 5.32 Å². The molecule has 0 saturated heterocycles. The van der Waals surface area contributed by atoms with Crippen LogP contribution in [0, 0.1) is 0 Å². The third-order valence-corrected chi connectivity index (χ3v) is 1.59. The molecule has 2 heterocycles. The van der Waals surface area contributed by atoms with Crippen molar-refractivity contribution in [3.05, 3.63) is 11.9 Å². The van der Waals surface area contributed by atoms with Gasteiger partial charge in [0.05, 0.1) is 5.71 Å². The maximum absolute atomic E-state index is 3.88. The number of rotatable bonds is 0. The van der Waals surface area contributed by atoms with Crippen LogP contribution in [0.2, 0.25) is 0 Å². The van der Waals surface area contributed by atoms with E-state index in [9.17, 15) is 0 Å². The minimum absolute atomic E-state index is 0.900. The molecule has 0 aliphatic carbocycles. The van der Waals surface area contributed by atoms with Gasteiger partial charge in [0, 0.05) is 12.7 Å². The monoisotopic (exact) mass is 136 g/mol. The van der Waals surface area contributed by atoms with E-state index >= 15 is 0 Å². The van der Waals surface area contributed by atoms with E-state index in [1.165, 1.54) is 0 Å². The van der Waals surface area contributed by atoms with Crippen LogP contribution in [0.4, 0.5) is 0 Å². The molecule has 2 rings (SSSR count). The van der Waals surface area contributed by atoms with Crippen LogP contribution in [-0.2, 0) is 0 Å². The molecule has 0 fully saturated rings. The van der Waals surface area contributed by atoms with Gasteiger partial charge in [-0.1, -0.05) is 0 Å². The smallest absolute Gasteiger partial charge is 0.126 e. The second-order valence-corrected chi connectivity index (χ2v) is 2.32. The molecule has 0 atom stereocenters. The minimum atomic E-state index is 0.900. The first kappa shape index (κ1) is 5.58. The van der Waals surface area contributed by atoms with E-state index < -0.39 is 0 Å². The zero-order valence-electron chi connectivity index (χ0n) is 5.54. The zero-order chi connectivity index (χ0) is 6.81. The molecule has 0 saturated carbocycles. The SMILES string of the molecule is C1=C2N=NN=C2CCCN1. The number of hydrogen-bond donors (Lipinski definition) is 1. The summed E-state index contributed by atoms with van der Waals surface area (Å²) in [5, 5.41) is 14.4. The third-order valence-electron chi connectivity index (χ3n) is 1.59. The first-order valence-corrected chi connectivity index (χ1v) is 3.38. The van der Waals surface area contributed by atoms with Crippen molar-refractivity contribution in [2.45, 2.75) is 12.8 Å². The fourth-order valence-corrected chi connectivity index (χ4v) is 1.05. The second kappa shape index (κ2) is 2.21. The van der Waals surface area contributed by atoms with E-state index in [1.54, 1.807) is 0 Å². The molecule has 10 heavy (non-hydrogen) atoms. The summed E-state index contributed by atoms with van der Waals surface area (Å²) in [5.74, 6) is 0. The van der Waals surface area contributed by atoms with Crippen molar-refractivity contribution in [3.8, 4) is 0 Å². The Morgan fingerprint density at radius 1 is 1.50 bits per heavy atom. The average molecular weight is 136 g/mol. The molecule has 0 bridgehead atoms. The molecule has 4 nitrogen and oxygen atoms in total. The molecular weight excluding hydrogens is 128 g/mol. The van der Waals surface area contributed by atoms with E-state index in [1.807, 2.05) is 6.20 Å². The molecule has 0 aromatic heterocycles. The van der Waals surface area contributed by atoms with E-state index in [-0.39, 0.29) is 0 Å². The number of nitrogens with one attached hydrogen (secondary N) is 1. The summed E-state index contributed by atoms with van der Waals surface area (Å²) in [6.07, 6.45) is 3.98. The number of hydrogen-bond acceptors (Lipinski definition) is 4. The number of fused-ring (bicyclic) bond motifs is 1. The van der Waals surface area contributed by atoms with E-state index in [0.717, 1.165) is 30.8 Å². The van der Waals surface area contributed by atoms with Gasteiger partial charge < -0.3 is 5.32 Å². The van der Waals surface area contributed by atoms with Crippen molar-refractivity contribution >= 4 is 5.71 Å². The Labute approximate surface area is 58.7 Å². The van der Waals surface area contributed by atoms with Gasteiger partial charge in [-0.25, -0.2) is 0 Å². The largest absolute Gasteiger partial charge is 0.389 e. The lowest BCUT2D eigenvalue weighted by Gasteiger charge is -1.91. The highest BCUT2D eigenvalue weighted by Gasteiger charge is 2.13. The summed E-state index contributed by atoms with van der Waals surface area (Å²) in [6.45, 7) is 1.01. The third kappa shape index (κ3) is 0.814. The highest BCUT2D eigenvalue weighted by Crippen LogP contribution is 2.14. The Morgan fingerprint density at radius 2 is 2.50 bits per heavy atom. The molecule has 1 N–H and O–H groups in total. The van der Waals surface area contributed by atoms with Crippen molar-refractivity contribution < 1.29 is 0 Å². The summed E-state index contributed by atoms with van der Waals surface area (Å²) >= 11 is 0. The van der Waals surface area contributed by atoms with Crippen LogP contribution >= 0.6 is 0 Å². The molecule has 2 aliphatic rings. The van der Waals surface area contributed by atoms with Gasteiger partial charge >= 0.3 is 0 Å². The lowest BCUT2D eigenvalue weighted by Crippen LogP contribution is -2.04. The topological polar surface area (TPSA) is 49.1 Å². The van der Waals surface area contributed by atoms with Crippen LogP contribution in [-0.4, -0.2) is 12.3 Å². The molecule has 0 spiro atoms. The average Bonchev–Trinajstić information content (AvgIpc) is 2.28. The Morgan fingerprint density at radius 3 is 3.50 bits per heavy atom. The second-order valence-electron chi connectivity index (χ2n) is 2.32. The summed E-state index contributed by atoms with van der Waals surface area (Å²) in [4.78, 5) is 0. The molecule has 0 amide bonds. The van der Waals surface area contributed by atoms with E-state index in [2.05, 4.69) is 20.8 Å². The van der Waals surface area contributed by atoms with Crippen LogP contribution in [0.1, 0.15) is 12.8 Å². The zero-order valence-corrected chi connectivity index (χ0v) is 5.54. The quantitative estimate of drug-likeness (QED) is 0.531. The molecule has 0 aromatic carbocycles. The summed E-state index contributed by atoms with van der Waals surface area (Å²) in [6, 6.07) is 0. The normalized spacial score (nSPS) is 22.4. The van der Waals surface area contributed by atoms with Gasteiger partial charge in [-0.2, -0.15) is 0 Å². The molecule has 0 unspecified atom stereocenters. The molecule has 0 radical (unpaired) electrons. The number of nitrogens with zero attached hydrogens (tertiary/aromatic N) is 3. The van der Waals surface area contributed by atoms with Crippen molar-refractivity contribution in [2.75, 3.05) is 6.54 Å². The van der Waals surface area contributed by atoms with Gasteiger partial charge in [0.15, 0.2) is 0 Å². The van der Waals surface area contributed by atoms with Gasteiger partial charge in [0.1, 0.15) is 5.70 Å². The van der Waals surface area contributed by atoms with E-state index in [0.29, 0.717) is 0 Å². The first-order chi connectivity index (χ1) is 4.97. The van der Waals surface area contributed by atoms with Crippen LogP contribution in [0.5, 0.6) is 0 Å². The Balaban J connectivity index is 2.28. The van der Waals surface area contributed by atoms with Crippen molar-refractivity contribution in [3.63, 3.8) is 0 Å². The fraction of sp³-hybridized carbons (Fsp3) is 0.500. The van der Waals surface area contributed by atoms with Crippen molar-refractivity contribution in [1.29, 1.82) is 0 Å². The van der Waals surface area contributed by atoms with Crippen molar-refractivity contribution in [2.24, 2.45) is 15.4 Å². The standard InChI is InChI=1S/C6H8N4/c1-2-5-6(4-7-3-1)9-10-8-5/h4,7H,1-3H2. The van der Waals surface area contributed by atoms with Gasteiger partial charge in [0.25, 0.3) is 0 Å². The van der Waals surface area contributed by atoms with Gasteiger partial charge in [0.2, 0.25) is 0 Å². The van der Waals surface area contributed by atoms with Crippen LogP contribution in [0.15, 0.2) is 27.3 Å². The molecular formula is C6H8N4. The van der Waals surface area contributed by atoms with Crippen LogP contribution in [0.25, 0.3) is 0 Å². The predicted octanol–water partition coefficient (Wildman–Crippen LogP) is 1.03. The summed E-state index contributed by atoms with van der Waals surface area (Å²) in [7, 11) is 0. The maximum atomic E-state index is 3.88. The van der Waals surface area contributed by atoms with Crippen LogP contribution < -0.4 is 5.32 Å². The first-order valence-electron chi connectivity index (χ1n) is 3.38. The van der Waals surface area contributed by atoms with Crippen LogP contribution in [0.3, 0.4) is 0 Å². The molecule has 52 valence electrons. The molecule has 4 heteroatoms. The highest BCUT2D eigenvalue weighted by molar-refractivity contribution is 6.00. The fourth-order valence-electron chi connectivity index (χ4n) is 1.05. The van der Waals surface area contributed by atoms with Gasteiger partial charge in [-0.15, -0.1) is 10.2 Å². The predicted molar refractivity (Wildman–Crippen MR) is 37.6 cm³/mol. The summed E-state index contributed by atoms with van der Waals surface area (Å²) < 4.78 is 0. The molecule has 2 aliphatic heterocycles. The Bertz CT molecular complexity index is 226. The van der Waals surface area contributed by atoms with E-state index in [4.69, 9.17) is 0 Å². The van der Waals surface area contributed by atoms with Gasteiger partial charge in [-0.3, -0.25) is 0 Å². The lowest BCUT2D eigenvalue weighted by atomic mass is 10.2. The molecule has 0 aromatic rings. The highest BCUT2D eigenvalue weighted by atomic mass is 15.4. The van der Waals surface area contributed by atoms with Gasteiger partial charge in [-0.05, 0) is 18.1 Å². The minimum Gasteiger partial charge on any atom is -0.389 e.